The van der Waals surface area contributed by atoms with E-state index in [1.165, 1.54) is 28.6 Å². The molecule has 13 heteroatoms. The Balaban J connectivity index is 1.70. The second kappa shape index (κ2) is 11.0. The van der Waals surface area contributed by atoms with Gasteiger partial charge in [-0.1, -0.05) is 23.7 Å². The third-order valence-corrected chi connectivity index (χ3v) is 7.22. The lowest BCUT2D eigenvalue weighted by atomic mass is 9.95. The van der Waals surface area contributed by atoms with E-state index in [9.17, 15) is 19.7 Å². The molecule has 0 aliphatic carbocycles. The molecule has 39 heavy (non-hydrogen) atoms. The number of carbonyl (C=O) groups is 2. The number of nitrogens with one attached hydrogen (secondary N) is 1. The fourth-order valence-corrected chi connectivity index (χ4v) is 5.36. The molecule has 1 N–H and O–H groups in total. The predicted molar refractivity (Wildman–Crippen MR) is 146 cm³/mol. The van der Waals surface area contributed by atoms with E-state index in [2.05, 4.69) is 9.69 Å². The van der Waals surface area contributed by atoms with E-state index in [-0.39, 0.29) is 35.8 Å². The Bertz CT molecular complexity index is 1430. The average molecular weight is 569 g/mol. The van der Waals surface area contributed by atoms with E-state index in [1.54, 1.807) is 29.3 Å². The smallest absolute Gasteiger partial charge is 0.326 e. The van der Waals surface area contributed by atoms with E-state index < -0.39 is 23.0 Å². The van der Waals surface area contributed by atoms with Gasteiger partial charge in [0.15, 0.2) is 0 Å². The summed E-state index contributed by atoms with van der Waals surface area (Å²) in [6, 6.07) is 9.85. The molecular formula is C26H25ClN6O5S. The summed E-state index contributed by atoms with van der Waals surface area (Å²) in [7, 11) is 0. The number of urea groups is 1. The first-order valence-electron chi connectivity index (χ1n) is 12.3. The van der Waals surface area contributed by atoms with Crippen molar-refractivity contribution in [1.29, 1.82) is 0 Å². The van der Waals surface area contributed by atoms with Gasteiger partial charge in [-0.3, -0.25) is 24.8 Å². The molecule has 0 radical (unpaired) electrons. The Morgan fingerprint density at radius 3 is 2.64 bits per heavy atom. The van der Waals surface area contributed by atoms with Crippen molar-refractivity contribution in [3.05, 3.63) is 85.9 Å². The van der Waals surface area contributed by atoms with Crippen LogP contribution in [0, 0.1) is 10.1 Å². The van der Waals surface area contributed by atoms with Crippen LogP contribution in [-0.4, -0.2) is 62.6 Å². The number of hydrogen-bond donors (Lipinski definition) is 1. The third-order valence-electron chi connectivity index (χ3n) is 6.37. The molecule has 1 saturated heterocycles. The fourth-order valence-electron chi connectivity index (χ4n) is 4.67. The van der Waals surface area contributed by atoms with Crippen LogP contribution in [0.15, 0.2) is 59.0 Å². The first kappa shape index (κ1) is 26.6. The molecule has 2 aliphatic heterocycles. The topological polar surface area (TPSA) is 130 Å². The van der Waals surface area contributed by atoms with Gasteiger partial charge in [0.1, 0.15) is 24.2 Å². The minimum atomic E-state index is -0.603. The molecule has 3 heterocycles. The molecule has 11 nitrogen and oxygen atoms in total. The third kappa shape index (κ3) is 5.43. The van der Waals surface area contributed by atoms with Crippen molar-refractivity contribution in [2.24, 2.45) is 4.99 Å². The molecular weight excluding hydrogens is 544 g/mol. The first-order chi connectivity index (χ1) is 18.7. The summed E-state index contributed by atoms with van der Waals surface area (Å²) in [6.07, 6.45) is 1.41. The normalized spacial score (nSPS) is 19.2. The minimum absolute atomic E-state index is 0.101. The molecule has 3 aromatic rings. The Morgan fingerprint density at radius 1 is 1.23 bits per heavy atom. The van der Waals surface area contributed by atoms with Crippen molar-refractivity contribution in [1.82, 2.24) is 19.5 Å². The molecule has 2 aliphatic rings. The average Bonchev–Trinajstić information content (AvgIpc) is 3.57. The van der Waals surface area contributed by atoms with Gasteiger partial charge in [-0.2, -0.15) is 0 Å². The summed E-state index contributed by atoms with van der Waals surface area (Å²) in [5.74, 6) is 0.256. The number of ether oxygens (including phenoxy) is 1. The number of hydrogen-bond acceptors (Lipinski definition) is 8. The van der Waals surface area contributed by atoms with E-state index >= 15 is 0 Å². The van der Waals surface area contributed by atoms with Gasteiger partial charge < -0.3 is 15.0 Å². The number of aromatic nitrogens is 1. The molecule has 2 atom stereocenters. The Labute approximate surface area is 233 Å². The molecule has 0 bridgehead atoms. The number of rotatable bonds is 6. The highest BCUT2D eigenvalue weighted by Crippen LogP contribution is 2.45. The standard InChI is InChI=1S/C26H25ClN6O5S/c1-15(2)38-21-11-19(33(36)37)7-8-20(21)25-30-23(17-12-29-39-14-17)24(16-3-5-18(27)6-4-16)32(25)26(35)31-10-9-28-22(34)13-31/h3-8,11-12,14-15,23-24H,9-10,13H2,1-2H3,(H,28,34)/t23-,24+/m0/s1. The van der Waals surface area contributed by atoms with Crippen molar-refractivity contribution in [3.8, 4) is 5.75 Å². The van der Waals surface area contributed by atoms with Crippen molar-refractivity contribution in [2.45, 2.75) is 32.0 Å². The number of amidine groups is 1. The molecule has 0 unspecified atom stereocenters. The number of aliphatic imine (C=N–C) groups is 1. The van der Waals surface area contributed by atoms with Crippen LogP contribution in [-0.2, 0) is 4.79 Å². The molecule has 0 spiro atoms. The van der Waals surface area contributed by atoms with Gasteiger partial charge in [-0.05, 0) is 49.1 Å². The summed E-state index contributed by atoms with van der Waals surface area (Å²) >= 11 is 7.45. The highest BCUT2D eigenvalue weighted by molar-refractivity contribution is 7.03. The van der Waals surface area contributed by atoms with Crippen LogP contribution in [0.2, 0.25) is 5.02 Å². The molecule has 202 valence electrons. The number of nitrogens with zero attached hydrogens (tertiary/aromatic N) is 5. The maximum Gasteiger partial charge on any atom is 0.326 e. The number of benzene rings is 2. The lowest BCUT2D eigenvalue weighted by molar-refractivity contribution is -0.384. The van der Waals surface area contributed by atoms with Crippen LogP contribution in [0.1, 0.15) is 42.6 Å². The van der Waals surface area contributed by atoms with Crippen molar-refractivity contribution >= 4 is 46.6 Å². The quantitative estimate of drug-likeness (QED) is 0.342. The molecule has 5 rings (SSSR count). The van der Waals surface area contributed by atoms with Gasteiger partial charge in [-0.25, -0.2) is 9.17 Å². The molecule has 1 aromatic heterocycles. The van der Waals surface area contributed by atoms with Crippen LogP contribution in [0.25, 0.3) is 0 Å². The molecule has 0 saturated carbocycles. The summed E-state index contributed by atoms with van der Waals surface area (Å²) in [5.41, 5.74) is 1.86. The number of non-ortho nitro benzene ring substituents is 1. The molecule has 1 fully saturated rings. The van der Waals surface area contributed by atoms with E-state index in [1.807, 2.05) is 31.4 Å². The summed E-state index contributed by atoms with van der Waals surface area (Å²) in [5, 5.41) is 16.7. The lowest BCUT2D eigenvalue weighted by Crippen LogP contribution is -2.55. The van der Waals surface area contributed by atoms with E-state index in [0.717, 1.165) is 11.1 Å². The highest BCUT2D eigenvalue weighted by atomic mass is 35.5. The lowest BCUT2D eigenvalue weighted by Gasteiger charge is -2.35. The fraction of sp³-hybridized carbons (Fsp3) is 0.308. The zero-order chi connectivity index (χ0) is 27.7. The molecule has 3 amide bonds. The highest BCUT2D eigenvalue weighted by Gasteiger charge is 2.45. The second-order valence-electron chi connectivity index (χ2n) is 9.38. The van der Waals surface area contributed by atoms with Gasteiger partial charge in [0, 0.05) is 41.3 Å². The Morgan fingerprint density at radius 2 is 2.00 bits per heavy atom. The number of halogens is 1. The first-order valence-corrected chi connectivity index (χ1v) is 13.5. The minimum Gasteiger partial charge on any atom is -0.490 e. The summed E-state index contributed by atoms with van der Waals surface area (Å²) in [4.78, 5) is 45.5. The van der Waals surface area contributed by atoms with Gasteiger partial charge in [-0.15, -0.1) is 0 Å². The Hall–Kier alpha value is -4.03. The SMILES string of the molecule is CC(C)Oc1cc([N+](=O)[O-])ccc1C1=N[C@@H](c2cnsc2)[C@@H](c2ccc(Cl)cc2)N1C(=O)N1CCNC(=O)C1. The van der Waals surface area contributed by atoms with Crippen molar-refractivity contribution in [3.63, 3.8) is 0 Å². The number of carbonyl (C=O) groups excluding carboxylic acids is 2. The van der Waals surface area contributed by atoms with Gasteiger partial charge >= 0.3 is 6.03 Å². The summed E-state index contributed by atoms with van der Waals surface area (Å²) in [6.45, 7) is 4.17. The number of nitro benzene ring substituents is 1. The van der Waals surface area contributed by atoms with Crippen LogP contribution >= 0.6 is 23.1 Å². The number of piperazine rings is 1. The van der Waals surface area contributed by atoms with Crippen LogP contribution in [0.3, 0.4) is 0 Å². The second-order valence-corrected chi connectivity index (χ2v) is 10.5. The van der Waals surface area contributed by atoms with Crippen LogP contribution < -0.4 is 10.1 Å². The largest absolute Gasteiger partial charge is 0.490 e. The van der Waals surface area contributed by atoms with E-state index in [0.29, 0.717) is 23.7 Å². The maximum atomic E-state index is 14.2. The maximum absolute atomic E-state index is 14.2. The monoisotopic (exact) mass is 568 g/mol. The van der Waals surface area contributed by atoms with Gasteiger partial charge in [0.25, 0.3) is 5.69 Å². The predicted octanol–water partition coefficient (Wildman–Crippen LogP) is 4.59. The van der Waals surface area contributed by atoms with Gasteiger partial charge in [0.05, 0.1) is 28.7 Å². The van der Waals surface area contributed by atoms with E-state index in [4.69, 9.17) is 21.3 Å². The zero-order valence-corrected chi connectivity index (χ0v) is 22.7. The van der Waals surface area contributed by atoms with Crippen LogP contribution in [0.5, 0.6) is 5.75 Å². The zero-order valence-electron chi connectivity index (χ0n) is 21.1. The van der Waals surface area contributed by atoms with Crippen molar-refractivity contribution in [2.75, 3.05) is 19.6 Å². The summed E-state index contributed by atoms with van der Waals surface area (Å²) < 4.78 is 10.2. The number of amides is 3. The Kier molecular flexibility index (Phi) is 7.49. The molecule has 2 aromatic carbocycles. The van der Waals surface area contributed by atoms with Crippen molar-refractivity contribution < 1.29 is 19.2 Å². The van der Waals surface area contributed by atoms with Gasteiger partial charge in [0.2, 0.25) is 5.91 Å². The number of nitro groups is 1. The van der Waals surface area contributed by atoms with Crippen LogP contribution in [0.4, 0.5) is 10.5 Å².